The predicted molar refractivity (Wildman–Crippen MR) is 124 cm³/mol. The molecule has 0 unspecified atom stereocenters. The normalized spacial score (nSPS) is 18.7. The van der Waals surface area contributed by atoms with Gasteiger partial charge >= 0.3 is 0 Å². The van der Waals surface area contributed by atoms with Crippen molar-refractivity contribution >= 4 is 5.91 Å². The number of piperidine rings is 1. The number of rotatable bonds is 8. The van der Waals surface area contributed by atoms with E-state index in [9.17, 15) is 4.79 Å². The number of nitrogens with one attached hydrogen (secondary N) is 1. The monoisotopic (exact) mass is 431 g/mol. The summed E-state index contributed by atoms with van der Waals surface area (Å²) in [6.45, 7) is 4.15. The fourth-order valence-corrected chi connectivity index (χ4v) is 3.95. The fourth-order valence-electron chi connectivity index (χ4n) is 3.95. The minimum atomic E-state index is -0.0903. The maximum absolute atomic E-state index is 12.4. The summed E-state index contributed by atoms with van der Waals surface area (Å²) in [4.78, 5) is 19.0. The summed E-state index contributed by atoms with van der Waals surface area (Å²) in [5, 5.41) is 3.12. The molecule has 166 valence electrons. The number of carbonyl (C=O) groups is 1. The highest BCUT2D eigenvalue weighted by Crippen LogP contribution is 2.22. The number of hydrogen-bond acceptors (Lipinski definition) is 5. The molecule has 1 aliphatic heterocycles. The first-order valence-electron chi connectivity index (χ1n) is 11.0. The molecule has 1 fully saturated rings. The molecule has 1 aliphatic rings. The Morgan fingerprint density at radius 2 is 1.78 bits per heavy atom. The van der Waals surface area contributed by atoms with Crippen LogP contribution in [0.5, 0.6) is 17.4 Å². The largest absolute Gasteiger partial charge is 0.484 e. The van der Waals surface area contributed by atoms with Crippen LogP contribution in [0.4, 0.5) is 0 Å². The van der Waals surface area contributed by atoms with Crippen LogP contribution in [0.2, 0.25) is 0 Å². The number of carbonyl (C=O) groups excluding carboxylic acids is 1. The number of nitrogens with zero attached hydrogens (tertiary/aromatic N) is 2. The molecule has 0 radical (unpaired) electrons. The second kappa shape index (κ2) is 10.8. The van der Waals surface area contributed by atoms with Crippen molar-refractivity contribution in [2.45, 2.75) is 38.4 Å². The van der Waals surface area contributed by atoms with Crippen molar-refractivity contribution in [2.75, 3.05) is 13.2 Å². The summed E-state index contributed by atoms with van der Waals surface area (Å²) in [5.74, 6) is 1.73. The van der Waals surface area contributed by atoms with Gasteiger partial charge in [-0.15, -0.1) is 0 Å². The number of amides is 1. The average Bonchev–Trinajstić information content (AvgIpc) is 2.82. The molecule has 4 rings (SSSR count). The van der Waals surface area contributed by atoms with Gasteiger partial charge in [0, 0.05) is 37.4 Å². The van der Waals surface area contributed by atoms with Crippen molar-refractivity contribution in [3.63, 3.8) is 0 Å². The Morgan fingerprint density at radius 1 is 1.03 bits per heavy atom. The SMILES string of the molecule is C[C@@H]1C[C@@H](NC(=O)COc2ccc(Oc3ccccn3)cc2)CCN1Cc1ccccc1. The highest BCUT2D eigenvalue weighted by Gasteiger charge is 2.26. The molecule has 0 spiro atoms. The third-order valence-electron chi connectivity index (χ3n) is 5.66. The Kier molecular flexibility index (Phi) is 7.35. The van der Waals surface area contributed by atoms with Gasteiger partial charge < -0.3 is 14.8 Å². The first-order valence-corrected chi connectivity index (χ1v) is 11.0. The van der Waals surface area contributed by atoms with E-state index < -0.39 is 0 Å². The maximum Gasteiger partial charge on any atom is 0.258 e. The highest BCUT2D eigenvalue weighted by atomic mass is 16.5. The van der Waals surface area contributed by atoms with E-state index >= 15 is 0 Å². The number of aromatic nitrogens is 1. The topological polar surface area (TPSA) is 63.7 Å². The summed E-state index contributed by atoms with van der Waals surface area (Å²) < 4.78 is 11.3. The van der Waals surface area contributed by atoms with E-state index in [-0.39, 0.29) is 18.6 Å². The zero-order chi connectivity index (χ0) is 22.2. The van der Waals surface area contributed by atoms with Crippen molar-refractivity contribution < 1.29 is 14.3 Å². The van der Waals surface area contributed by atoms with Gasteiger partial charge in [-0.05, 0) is 55.7 Å². The Balaban J connectivity index is 1.19. The number of benzene rings is 2. The van der Waals surface area contributed by atoms with Crippen molar-refractivity contribution in [3.8, 4) is 17.4 Å². The first kappa shape index (κ1) is 21.8. The van der Waals surface area contributed by atoms with Crippen LogP contribution in [0.1, 0.15) is 25.3 Å². The molecule has 3 aromatic rings. The predicted octanol–water partition coefficient (Wildman–Crippen LogP) is 4.42. The number of likely N-dealkylation sites (tertiary alicyclic amines) is 1. The van der Waals surface area contributed by atoms with Crippen LogP contribution >= 0.6 is 0 Å². The van der Waals surface area contributed by atoms with E-state index in [0.717, 1.165) is 25.9 Å². The molecule has 1 saturated heterocycles. The van der Waals surface area contributed by atoms with Gasteiger partial charge in [-0.3, -0.25) is 9.69 Å². The Morgan fingerprint density at radius 3 is 2.50 bits per heavy atom. The number of pyridine rings is 1. The van der Waals surface area contributed by atoms with Gasteiger partial charge in [-0.1, -0.05) is 36.4 Å². The van der Waals surface area contributed by atoms with Crippen LogP contribution in [0.15, 0.2) is 79.0 Å². The quantitative estimate of drug-likeness (QED) is 0.572. The van der Waals surface area contributed by atoms with Gasteiger partial charge in [0.25, 0.3) is 5.91 Å². The number of hydrogen-bond donors (Lipinski definition) is 1. The summed E-state index contributed by atoms with van der Waals surface area (Å²) in [6, 6.07) is 23.8. The van der Waals surface area contributed by atoms with Gasteiger partial charge in [-0.2, -0.15) is 0 Å². The fraction of sp³-hybridized carbons (Fsp3) is 0.308. The summed E-state index contributed by atoms with van der Waals surface area (Å²) in [5.41, 5.74) is 1.33. The van der Waals surface area contributed by atoms with Crippen molar-refractivity contribution in [2.24, 2.45) is 0 Å². The molecule has 1 N–H and O–H groups in total. The molecule has 6 nitrogen and oxygen atoms in total. The van der Waals surface area contributed by atoms with Crippen LogP contribution in [-0.4, -0.2) is 41.0 Å². The molecular weight excluding hydrogens is 402 g/mol. The van der Waals surface area contributed by atoms with E-state index in [1.165, 1.54) is 5.56 Å². The van der Waals surface area contributed by atoms with E-state index in [1.807, 2.05) is 18.2 Å². The molecule has 2 heterocycles. The summed E-state index contributed by atoms with van der Waals surface area (Å²) >= 11 is 0. The highest BCUT2D eigenvalue weighted by molar-refractivity contribution is 5.77. The molecule has 6 heteroatoms. The molecule has 2 atom stereocenters. The van der Waals surface area contributed by atoms with E-state index in [1.54, 1.807) is 36.5 Å². The molecule has 2 aromatic carbocycles. The molecular formula is C26H29N3O3. The molecule has 0 saturated carbocycles. The van der Waals surface area contributed by atoms with Crippen molar-refractivity contribution in [3.05, 3.63) is 84.6 Å². The zero-order valence-corrected chi connectivity index (χ0v) is 18.3. The number of ether oxygens (including phenoxy) is 2. The lowest BCUT2D eigenvalue weighted by atomic mass is 9.97. The Labute approximate surface area is 189 Å². The van der Waals surface area contributed by atoms with E-state index in [2.05, 4.69) is 46.4 Å². The van der Waals surface area contributed by atoms with Gasteiger partial charge in [0.2, 0.25) is 5.88 Å². The zero-order valence-electron chi connectivity index (χ0n) is 18.3. The average molecular weight is 432 g/mol. The summed E-state index contributed by atoms with van der Waals surface area (Å²) in [6.07, 6.45) is 3.57. The Hall–Kier alpha value is -3.38. The summed E-state index contributed by atoms with van der Waals surface area (Å²) in [7, 11) is 0. The van der Waals surface area contributed by atoms with Crippen molar-refractivity contribution in [1.82, 2.24) is 15.2 Å². The lowest BCUT2D eigenvalue weighted by molar-refractivity contribution is -0.124. The standard InChI is InChI=1S/C26H29N3O3/c1-20-17-22(14-16-29(20)18-21-7-3-2-4-8-21)28-25(30)19-31-23-10-12-24(13-11-23)32-26-9-5-6-15-27-26/h2-13,15,20,22H,14,16-19H2,1H3,(H,28,30)/t20-,22+/m1/s1. The maximum atomic E-state index is 12.4. The van der Waals surface area contributed by atoms with Crippen LogP contribution < -0.4 is 14.8 Å². The van der Waals surface area contributed by atoms with E-state index in [4.69, 9.17) is 9.47 Å². The second-order valence-corrected chi connectivity index (χ2v) is 8.12. The van der Waals surface area contributed by atoms with Crippen LogP contribution in [-0.2, 0) is 11.3 Å². The van der Waals surface area contributed by atoms with Crippen molar-refractivity contribution in [1.29, 1.82) is 0 Å². The van der Waals surface area contributed by atoms with Crippen LogP contribution in [0.25, 0.3) is 0 Å². The molecule has 0 bridgehead atoms. The molecule has 1 aromatic heterocycles. The van der Waals surface area contributed by atoms with Crippen LogP contribution in [0, 0.1) is 0 Å². The van der Waals surface area contributed by atoms with Gasteiger partial charge in [0.15, 0.2) is 6.61 Å². The smallest absolute Gasteiger partial charge is 0.258 e. The minimum Gasteiger partial charge on any atom is -0.484 e. The van der Waals surface area contributed by atoms with Gasteiger partial charge in [-0.25, -0.2) is 4.98 Å². The van der Waals surface area contributed by atoms with Crippen LogP contribution in [0.3, 0.4) is 0 Å². The first-order chi connectivity index (χ1) is 15.7. The van der Waals surface area contributed by atoms with Gasteiger partial charge in [0.1, 0.15) is 11.5 Å². The minimum absolute atomic E-state index is 0.000937. The lowest BCUT2D eigenvalue weighted by Gasteiger charge is -2.38. The van der Waals surface area contributed by atoms with Gasteiger partial charge in [0.05, 0.1) is 0 Å². The molecule has 1 amide bonds. The van der Waals surface area contributed by atoms with E-state index in [0.29, 0.717) is 23.4 Å². The molecule has 0 aliphatic carbocycles. The molecule has 32 heavy (non-hydrogen) atoms. The second-order valence-electron chi connectivity index (χ2n) is 8.12. The third-order valence-corrected chi connectivity index (χ3v) is 5.66. The Bertz CT molecular complexity index is 980. The lowest BCUT2D eigenvalue weighted by Crippen LogP contribution is -2.49. The third kappa shape index (κ3) is 6.31.